The van der Waals surface area contributed by atoms with E-state index in [1.165, 1.54) is 18.3 Å². The molecule has 0 saturated carbocycles. The number of methoxy groups -OCH3 is 1. The van der Waals surface area contributed by atoms with Gasteiger partial charge in [-0.3, -0.25) is 9.48 Å². The average molecular weight is 494 g/mol. The van der Waals surface area contributed by atoms with Crippen molar-refractivity contribution >= 4 is 17.7 Å². The number of nitrogens with zero attached hydrogens (tertiary/aromatic N) is 7. The number of carbonyl (C=O) groups is 1. The van der Waals surface area contributed by atoms with Gasteiger partial charge in [-0.1, -0.05) is 12.1 Å². The first kappa shape index (κ1) is 20.1. The van der Waals surface area contributed by atoms with Gasteiger partial charge in [0.1, 0.15) is 17.3 Å². The Hall–Kier alpha value is -4.12. The summed E-state index contributed by atoms with van der Waals surface area (Å²) in [6.07, 6.45) is 4.71. The highest BCUT2D eigenvalue weighted by Crippen LogP contribution is 2.27. The number of nitrogens with one attached hydrogen (secondary N) is 1. The van der Waals surface area contributed by atoms with Gasteiger partial charge in [-0.2, -0.15) is 5.10 Å². The molecule has 10 nitrogen and oxygen atoms in total. The zero-order chi connectivity index (χ0) is 27.9. The number of hydrogen-bond acceptors (Lipinski definition) is 7. The highest BCUT2D eigenvalue weighted by Gasteiger charge is 2.35. The largest absolute Gasteiger partial charge is 0.382 e. The number of halogens is 1. The molecule has 0 radical (unpaired) electrons. The third kappa shape index (κ3) is 4.44. The Kier molecular flexibility index (Phi) is 5.31. The number of hydrogen-bond donors (Lipinski definition) is 1. The Morgan fingerprint density at radius 2 is 2.11 bits per heavy atom. The topological polar surface area (TPSA) is 103 Å². The predicted molar refractivity (Wildman–Crippen MR) is 131 cm³/mol. The highest BCUT2D eigenvalue weighted by atomic mass is 19.1. The van der Waals surface area contributed by atoms with E-state index in [-0.39, 0.29) is 41.9 Å². The zero-order valence-corrected chi connectivity index (χ0v) is 20.1. The molecule has 1 aromatic carbocycles. The number of benzene rings is 1. The third-order valence-corrected chi connectivity index (χ3v) is 6.12. The van der Waals surface area contributed by atoms with Gasteiger partial charge < -0.3 is 19.5 Å². The first-order valence-corrected chi connectivity index (χ1v) is 11.3. The Morgan fingerprint density at radius 1 is 1.25 bits per heavy atom. The normalized spacial score (nSPS) is 16.9. The Bertz CT molecular complexity index is 1530. The molecule has 4 aromatic rings. The predicted octanol–water partition coefficient (Wildman–Crippen LogP) is 3.24. The fourth-order valence-corrected chi connectivity index (χ4v) is 4.20. The Morgan fingerprint density at radius 3 is 2.89 bits per heavy atom. The van der Waals surface area contributed by atoms with E-state index in [0.717, 1.165) is 4.68 Å². The van der Waals surface area contributed by atoms with Crippen LogP contribution in [0.5, 0.6) is 0 Å². The molecule has 11 heteroatoms. The van der Waals surface area contributed by atoms with Crippen LogP contribution < -0.4 is 5.32 Å². The van der Waals surface area contributed by atoms with Crippen molar-refractivity contribution in [2.75, 3.05) is 19.0 Å². The number of fused-ring (bicyclic) bond motifs is 1. The van der Waals surface area contributed by atoms with Crippen molar-refractivity contribution in [3.63, 3.8) is 0 Å². The second-order valence-corrected chi connectivity index (χ2v) is 8.71. The minimum absolute atomic E-state index is 0.152. The molecule has 3 aromatic heterocycles. The summed E-state index contributed by atoms with van der Waals surface area (Å²) in [5.41, 5.74) is 2.87. The van der Waals surface area contributed by atoms with Crippen molar-refractivity contribution in [3.05, 3.63) is 71.2 Å². The molecule has 5 rings (SSSR count). The van der Waals surface area contributed by atoms with Crippen molar-refractivity contribution in [2.24, 2.45) is 6.98 Å². The molecule has 1 aliphatic rings. The number of ether oxygens (including phenoxy) is 1. The summed E-state index contributed by atoms with van der Waals surface area (Å²) in [7, 11) is 1.57. The molecule has 4 heterocycles. The van der Waals surface area contributed by atoms with E-state index in [4.69, 9.17) is 8.85 Å². The van der Waals surface area contributed by atoms with Crippen LogP contribution in [-0.2, 0) is 24.8 Å². The molecular formula is C25H27FN8O2. The Balaban J connectivity index is 1.45. The number of aromatic nitrogens is 6. The first-order valence-electron chi connectivity index (χ1n) is 12.8. The van der Waals surface area contributed by atoms with Gasteiger partial charge in [-0.15, -0.1) is 0 Å². The van der Waals surface area contributed by atoms with E-state index >= 15 is 0 Å². The second kappa shape index (κ2) is 9.50. The lowest BCUT2D eigenvalue weighted by Gasteiger charge is -2.35. The second-order valence-electron chi connectivity index (χ2n) is 8.71. The monoisotopic (exact) mass is 493 g/mol. The third-order valence-electron chi connectivity index (χ3n) is 6.12. The van der Waals surface area contributed by atoms with Gasteiger partial charge in [-0.25, -0.2) is 19.3 Å². The van der Waals surface area contributed by atoms with Crippen molar-refractivity contribution in [1.29, 1.82) is 0 Å². The first-order chi connectivity index (χ1) is 18.5. The summed E-state index contributed by atoms with van der Waals surface area (Å²) in [6, 6.07) is 6.16. The maximum Gasteiger partial charge on any atom is 0.290 e. The van der Waals surface area contributed by atoms with Crippen LogP contribution in [0.15, 0.2) is 42.9 Å². The van der Waals surface area contributed by atoms with Gasteiger partial charge in [0.2, 0.25) is 5.95 Å². The van der Waals surface area contributed by atoms with Crippen LogP contribution >= 0.6 is 0 Å². The maximum absolute atomic E-state index is 14.2. The van der Waals surface area contributed by atoms with Crippen LogP contribution in [0, 0.1) is 19.7 Å². The van der Waals surface area contributed by atoms with Gasteiger partial charge in [0.25, 0.3) is 5.91 Å². The van der Waals surface area contributed by atoms with Crippen LogP contribution in [0.3, 0.4) is 0 Å². The number of imidazole rings is 1. The van der Waals surface area contributed by atoms with Crippen LogP contribution in [-0.4, -0.2) is 59.9 Å². The Labute approximate surface area is 212 Å². The number of aryl methyl sites for hydroxylation is 3. The zero-order valence-electron chi connectivity index (χ0n) is 23.1. The van der Waals surface area contributed by atoms with Crippen LogP contribution in [0.1, 0.15) is 31.4 Å². The van der Waals surface area contributed by atoms with Crippen molar-refractivity contribution in [3.8, 4) is 11.4 Å². The minimum atomic E-state index is -2.47. The average Bonchev–Trinajstić information content (AvgIpc) is 3.52. The van der Waals surface area contributed by atoms with E-state index in [2.05, 4.69) is 25.4 Å². The molecular weight excluding hydrogens is 463 g/mol. The smallest absolute Gasteiger partial charge is 0.290 e. The van der Waals surface area contributed by atoms with Gasteiger partial charge >= 0.3 is 0 Å². The van der Waals surface area contributed by atoms with Crippen LogP contribution in [0.25, 0.3) is 11.4 Å². The lowest BCUT2D eigenvalue weighted by atomic mass is 10.1. The summed E-state index contributed by atoms with van der Waals surface area (Å²) in [4.78, 5) is 28.7. The van der Waals surface area contributed by atoms with Gasteiger partial charge in [-0.05, 0) is 36.6 Å². The molecule has 0 saturated heterocycles. The SMILES string of the molecule is [2H]C([2H])([2H])n1nccc1Nc1ncc(C)c(-c2cn3c(n2)C(=O)N(Cc2ccc(C)c(F)c2)C(COC)C3)n1. The van der Waals surface area contributed by atoms with Crippen molar-refractivity contribution in [2.45, 2.75) is 33.0 Å². The molecule has 1 amide bonds. The fraction of sp³-hybridized carbons (Fsp3) is 0.320. The van der Waals surface area contributed by atoms with Gasteiger partial charge in [0, 0.05) is 49.7 Å². The number of rotatable bonds is 7. The lowest BCUT2D eigenvalue weighted by molar-refractivity contribution is 0.0380. The highest BCUT2D eigenvalue weighted by molar-refractivity contribution is 5.92. The summed E-state index contributed by atoms with van der Waals surface area (Å²) in [5.74, 6) is -0.0383. The number of carbonyl (C=O) groups excluding carboxylic acids is 1. The summed E-state index contributed by atoms with van der Waals surface area (Å²) in [6.45, 7) is 1.98. The van der Waals surface area contributed by atoms with E-state index in [1.807, 2.05) is 6.92 Å². The standard InChI is InChI=1S/C25H27FN8O2/c1-15-5-6-17(9-19(15)26)11-34-18(14-36-4)12-33-13-20(29-23(33)24(34)35)22-16(2)10-27-25(31-22)30-21-7-8-28-32(21)3/h5-10,13,18H,11-12,14H2,1-4H3,(H,27,30,31)/i3D3. The van der Waals surface area contributed by atoms with Crippen LogP contribution in [0.2, 0.25) is 0 Å². The number of amides is 1. The molecule has 1 atom stereocenters. The summed E-state index contributed by atoms with van der Waals surface area (Å²) < 4.78 is 45.1. The molecule has 0 bridgehead atoms. The molecule has 186 valence electrons. The number of anilines is 2. The van der Waals surface area contributed by atoms with Crippen molar-refractivity contribution < 1.29 is 18.0 Å². The van der Waals surface area contributed by atoms with E-state index in [0.29, 0.717) is 41.2 Å². The summed E-state index contributed by atoms with van der Waals surface area (Å²) in [5, 5.41) is 6.74. The summed E-state index contributed by atoms with van der Waals surface area (Å²) >= 11 is 0. The minimum Gasteiger partial charge on any atom is -0.382 e. The molecule has 0 spiro atoms. The van der Waals surface area contributed by atoms with E-state index in [9.17, 15) is 9.18 Å². The molecule has 36 heavy (non-hydrogen) atoms. The maximum atomic E-state index is 14.2. The van der Waals surface area contributed by atoms with Gasteiger partial charge in [0.05, 0.1) is 24.5 Å². The quantitative estimate of drug-likeness (QED) is 0.422. The van der Waals surface area contributed by atoms with Crippen LogP contribution in [0.4, 0.5) is 16.2 Å². The van der Waals surface area contributed by atoms with E-state index in [1.54, 1.807) is 48.0 Å². The lowest BCUT2D eigenvalue weighted by Crippen LogP contribution is -2.49. The molecule has 1 aliphatic heterocycles. The molecule has 1 N–H and O–H groups in total. The molecule has 0 fully saturated rings. The molecule has 1 unspecified atom stereocenters. The van der Waals surface area contributed by atoms with Gasteiger partial charge in [0.15, 0.2) is 5.82 Å². The fourth-order valence-electron chi connectivity index (χ4n) is 4.20. The molecule has 0 aliphatic carbocycles. The van der Waals surface area contributed by atoms with E-state index < -0.39 is 6.98 Å². The van der Waals surface area contributed by atoms with Crippen molar-refractivity contribution in [1.82, 2.24) is 34.2 Å².